The van der Waals surface area contributed by atoms with Crippen LogP contribution in [-0.4, -0.2) is 22.4 Å². The minimum absolute atomic E-state index is 0.0550. The number of hydrogen-bond acceptors (Lipinski definition) is 6. The molecule has 0 bridgehead atoms. The van der Waals surface area contributed by atoms with E-state index < -0.39 is 0 Å². The molecule has 3 N–H and O–H groups in total. The van der Waals surface area contributed by atoms with Gasteiger partial charge in [-0.2, -0.15) is 0 Å². The van der Waals surface area contributed by atoms with Crippen molar-refractivity contribution in [1.29, 1.82) is 0 Å². The maximum atomic E-state index is 12.2. The molecule has 0 aliphatic rings. The van der Waals surface area contributed by atoms with Crippen LogP contribution in [0.4, 0.5) is 0 Å². The van der Waals surface area contributed by atoms with Crippen LogP contribution in [0, 0.1) is 0 Å². The number of phenolic OH excluding ortho intramolecular Hbond substituents is 3. The molecule has 6 heteroatoms. The van der Waals surface area contributed by atoms with Crippen molar-refractivity contribution in [1.82, 2.24) is 0 Å². The van der Waals surface area contributed by atoms with Gasteiger partial charge in [0.2, 0.25) is 5.75 Å². The molecule has 0 atom stereocenters. The predicted octanol–water partition coefficient (Wildman–Crippen LogP) is 2.59. The van der Waals surface area contributed by atoms with Gasteiger partial charge >= 0.3 is 0 Å². The minimum atomic E-state index is -0.330. The number of aromatic hydroxyl groups is 3. The molecule has 1 heterocycles. The zero-order valence-corrected chi connectivity index (χ0v) is 11.5. The number of hydrogen-bond donors (Lipinski definition) is 3. The molecular formula is C16H12O6. The number of phenols is 3. The Hall–Kier alpha value is -3.15. The predicted molar refractivity (Wildman–Crippen MR) is 79.5 cm³/mol. The van der Waals surface area contributed by atoms with E-state index in [1.54, 1.807) is 0 Å². The smallest absolute Gasteiger partial charge is 0.204 e. The summed E-state index contributed by atoms with van der Waals surface area (Å²) in [5.41, 5.74) is 0.194. The topological polar surface area (TPSA) is 100 Å². The maximum Gasteiger partial charge on any atom is 0.204 e. The van der Waals surface area contributed by atoms with Crippen LogP contribution in [0.3, 0.4) is 0 Å². The molecule has 0 radical (unpaired) electrons. The van der Waals surface area contributed by atoms with Gasteiger partial charge in [-0.1, -0.05) is 0 Å². The number of fused-ring (bicyclic) bond motifs is 1. The maximum absolute atomic E-state index is 12.2. The average molecular weight is 300 g/mol. The monoisotopic (exact) mass is 300 g/mol. The Labute approximate surface area is 124 Å². The van der Waals surface area contributed by atoms with Gasteiger partial charge in [-0.3, -0.25) is 4.79 Å². The van der Waals surface area contributed by atoms with Gasteiger partial charge in [0.05, 0.1) is 12.5 Å². The lowest BCUT2D eigenvalue weighted by Crippen LogP contribution is -2.01. The Balaban J connectivity index is 2.32. The van der Waals surface area contributed by atoms with E-state index in [4.69, 9.17) is 9.15 Å². The van der Waals surface area contributed by atoms with E-state index in [9.17, 15) is 20.1 Å². The third-order valence-electron chi connectivity index (χ3n) is 3.30. The van der Waals surface area contributed by atoms with Gasteiger partial charge in [0, 0.05) is 11.6 Å². The Morgan fingerprint density at radius 3 is 2.36 bits per heavy atom. The molecule has 0 saturated heterocycles. The first-order valence-electron chi connectivity index (χ1n) is 6.37. The third-order valence-corrected chi connectivity index (χ3v) is 3.30. The number of ether oxygens (including phenoxy) is 1. The van der Waals surface area contributed by atoms with E-state index in [2.05, 4.69) is 0 Å². The lowest BCUT2D eigenvalue weighted by atomic mass is 10.1. The SMILES string of the molecule is COc1c(O)ccc2c(=O)cc(-c3ccc(O)c(O)c3)oc12. The highest BCUT2D eigenvalue weighted by atomic mass is 16.5. The van der Waals surface area contributed by atoms with Crippen molar-refractivity contribution in [3.05, 3.63) is 46.6 Å². The minimum Gasteiger partial charge on any atom is -0.504 e. The van der Waals surface area contributed by atoms with Crippen molar-refractivity contribution in [2.75, 3.05) is 7.11 Å². The molecule has 22 heavy (non-hydrogen) atoms. The van der Waals surface area contributed by atoms with Gasteiger partial charge in [0.1, 0.15) is 5.76 Å². The summed E-state index contributed by atoms with van der Waals surface area (Å²) in [7, 11) is 1.35. The van der Waals surface area contributed by atoms with Crippen LogP contribution in [0.2, 0.25) is 0 Å². The molecule has 0 saturated carbocycles. The van der Waals surface area contributed by atoms with Gasteiger partial charge in [0.25, 0.3) is 0 Å². The van der Waals surface area contributed by atoms with E-state index in [0.29, 0.717) is 5.56 Å². The fraction of sp³-hybridized carbons (Fsp3) is 0.0625. The Bertz CT molecular complexity index is 926. The summed E-state index contributed by atoms with van der Waals surface area (Å²) in [4.78, 5) is 12.2. The summed E-state index contributed by atoms with van der Waals surface area (Å²) < 4.78 is 10.7. The van der Waals surface area contributed by atoms with Crippen LogP contribution in [0.15, 0.2) is 45.6 Å². The van der Waals surface area contributed by atoms with E-state index in [1.807, 2.05) is 0 Å². The molecule has 2 aromatic carbocycles. The van der Waals surface area contributed by atoms with E-state index in [1.165, 1.54) is 43.5 Å². The molecule has 3 rings (SSSR count). The second-order valence-corrected chi connectivity index (χ2v) is 4.67. The highest BCUT2D eigenvalue weighted by molar-refractivity contribution is 5.86. The quantitative estimate of drug-likeness (QED) is 0.629. The number of methoxy groups -OCH3 is 1. The highest BCUT2D eigenvalue weighted by Gasteiger charge is 2.15. The van der Waals surface area contributed by atoms with E-state index in [0.717, 1.165) is 0 Å². The van der Waals surface area contributed by atoms with Crippen molar-refractivity contribution >= 4 is 11.0 Å². The molecule has 0 unspecified atom stereocenters. The molecule has 112 valence electrons. The normalized spacial score (nSPS) is 10.8. The Morgan fingerprint density at radius 2 is 1.68 bits per heavy atom. The molecule has 0 amide bonds. The summed E-state index contributed by atoms with van der Waals surface area (Å²) in [5.74, 6) is -0.523. The summed E-state index contributed by atoms with van der Waals surface area (Å²) >= 11 is 0. The lowest BCUT2D eigenvalue weighted by molar-refractivity contribution is 0.371. The summed E-state index contributed by atoms with van der Waals surface area (Å²) in [6.07, 6.45) is 0. The van der Waals surface area contributed by atoms with Crippen LogP contribution < -0.4 is 10.2 Å². The first-order valence-corrected chi connectivity index (χ1v) is 6.37. The second-order valence-electron chi connectivity index (χ2n) is 4.67. The average Bonchev–Trinajstić information content (AvgIpc) is 2.49. The largest absolute Gasteiger partial charge is 0.504 e. The first kappa shape index (κ1) is 13.8. The van der Waals surface area contributed by atoms with Gasteiger partial charge in [-0.05, 0) is 30.3 Å². The van der Waals surface area contributed by atoms with Crippen molar-refractivity contribution in [3.63, 3.8) is 0 Å². The van der Waals surface area contributed by atoms with Crippen LogP contribution in [0.5, 0.6) is 23.0 Å². The third kappa shape index (κ3) is 2.10. The van der Waals surface area contributed by atoms with Gasteiger partial charge in [-0.15, -0.1) is 0 Å². The molecule has 0 fully saturated rings. The Morgan fingerprint density at radius 1 is 0.955 bits per heavy atom. The van der Waals surface area contributed by atoms with Gasteiger partial charge in [-0.25, -0.2) is 0 Å². The lowest BCUT2D eigenvalue weighted by Gasteiger charge is -2.08. The van der Waals surface area contributed by atoms with Crippen LogP contribution in [0.25, 0.3) is 22.3 Å². The second kappa shape index (κ2) is 5.00. The summed E-state index contributed by atoms with van der Waals surface area (Å²) in [5, 5.41) is 28.9. The number of benzene rings is 2. The van der Waals surface area contributed by atoms with Crippen LogP contribution >= 0.6 is 0 Å². The highest BCUT2D eigenvalue weighted by Crippen LogP contribution is 2.36. The van der Waals surface area contributed by atoms with Gasteiger partial charge in [0.15, 0.2) is 28.3 Å². The fourth-order valence-electron chi connectivity index (χ4n) is 2.20. The van der Waals surface area contributed by atoms with Gasteiger partial charge < -0.3 is 24.5 Å². The van der Waals surface area contributed by atoms with E-state index >= 15 is 0 Å². The zero-order valence-electron chi connectivity index (χ0n) is 11.5. The first-order chi connectivity index (χ1) is 10.5. The van der Waals surface area contributed by atoms with Crippen molar-refractivity contribution in [2.24, 2.45) is 0 Å². The van der Waals surface area contributed by atoms with E-state index in [-0.39, 0.29) is 45.2 Å². The van der Waals surface area contributed by atoms with Crippen molar-refractivity contribution < 1.29 is 24.5 Å². The molecule has 0 aliphatic carbocycles. The van der Waals surface area contributed by atoms with Crippen molar-refractivity contribution in [3.8, 4) is 34.3 Å². The number of rotatable bonds is 2. The molecule has 3 aromatic rings. The van der Waals surface area contributed by atoms with Crippen LogP contribution in [0.1, 0.15) is 0 Å². The summed E-state index contributed by atoms with van der Waals surface area (Å²) in [6, 6.07) is 8.11. The standard InChI is InChI=1S/C16H12O6/c1-21-16-11(18)5-3-9-12(19)7-14(22-15(9)16)8-2-4-10(17)13(20)6-8/h2-7,17-18,20H,1H3. The fourth-order valence-corrected chi connectivity index (χ4v) is 2.20. The Kier molecular flexibility index (Phi) is 3.14. The van der Waals surface area contributed by atoms with Crippen molar-refractivity contribution in [2.45, 2.75) is 0 Å². The van der Waals surface area contributed by atoms with Crippen LogP contribution in [-0.2, 0) is 0 Å². The zero-order chi connectivity index (χ0) is 15.9. The molecule has 0 spiro atoms. The molecule has 0 aliphatic heterocycles. The molecule has 6 nitrogen and oxygen atoms in total. The molecular weight excluding hydrogens is 288 g/mol. The molecule has 1 aromatic heterocycles. The summed E-state index contributed by atoms with van der Waals surface area (Å²) in [6.45, 7) is 0.